The van der Waals surface area contributed by atoms with E-state index in [4.69, 9.17) is 0 Å². The van der Waals surface area contributed by atoms with Gasteiger partial charge in [0.1, 0.15) is 5.78 Å². The summed E-state index contributed by atoms with van der Waals surface area (Å²) in [6.07, 6.45) is 3.50. The molecule has 0 unspecified atom stereocenters. The minimum Gasteiger partial charge on any atom is -0.383 e. The third kappa shape index (κ3) is 2.42. The Balaban J connectivity index is 1.97. The van der Waals surface area contributed by atoms with Crippen molar-refractivity contribution >= 4 is 22.4 Å². The van der Waals surface area contributed by atoms with Gasteiger partial charge in [-0.05, 0) is 19.4 Å². The Bertz CT molecular complexity index is 487. The molecule has 1 heterocycles. The van der Waals surface area contributed by atoms with Gasteiger partial charge in [0.05, 0.1) is 5.69 Å². The van der Waals surface area contributed by atoms with Crippen LogP contribution in [0.15, 0.2) is 30.5 Å². The third-order valence-corrected chi connectivity index (χ3v) is 2.61. The fraction of sp³-hybridized carbons (Fsp3) is 0.308. The zero-order chi connectivity index (χ0) is 11.4. The molecule has 0 bridgehead atoms. The maximum atomic E-state index is 10.8. The molecule has 2 N–H and O–H groups in total. The smallest absolute Gasteiger partial charge is 0.129 e. The van der Waals surface area contributed by atoms with Crippen molar-refractivity contribution in [1.82, 2.24) is 4.98 Å². The van der Waals surface area contributed by atoms with E-state index < -0.39 is 0 Å². The van der Waals surface area contributed by atoms with Crippen molar-refractivity contribution < 1.29 is 4.79 Å². The summed E-state index contributed by atoms with van der Waals surface area (Å²) in [7, 11) is 0. The first-order valence-electron chi connectivity index (χ1n) is 5.57. The van der Waals surface area contributed by atoms with E-state index in [9.17, 15) is 4.79 Å². The lowest BCUT2D eigenvalue weighted by molar-refractivity contribution is -0.117. The quantitative estimate of drug-likeness (QED) is 0.755. The van der Waals surface area contributed by atoms with E-state index in [2.05, 4.69) is 22.4 Å². The number of Topliss-reactive ketones (excluding diaryl/α,β-unsaturated/α-hetero) is 1. The van der Waals surface area contributed by atoms with Gasteiger partial charge in [0.2, 0.25) is 0 Å². The largest absolute Gasteiger partial charge is 0.383 e. The van der Waals surface area contributed by atoms with Gasteiger partial charge in [0, 0.05) is 30.1 Å². The average Bonchev–Trinajstić information content (AvgIpc) is 2.68. The van der Waals surface area contributed by atoms with E-state index in [0.29, 0.717) is 6.42 Å². The molecule has 84 valence electrons. The van der Waals surface area contributed by atoms with Crippen molar-refractivity contribution in [3.8, 4) is 0 Å². The number of aromatic nitrogens is 1. The predicted octanol–water partition coefficient (Wildman–Crippen LogP) is 2.95. The second-order valence-corrected chi connectivity index (χ2v) is 3.98. The number of anilines is 1. The van der Waals surface area contributed by atoms with Crippen LogP contribution in [0, 0.1) is 0 Å². The topological polar surface area (TPSA) is 44.9 Å². The van der Waals surface area contributed by atoms with E-state index >= 15 is 0 Å². The average molecular weight is 216 g/mol. The maximum absolute atomic E-state index is 10.8. The number of carbonyl (C=O) groups is 1. The fourth-order valence-electron chi connectivity index (χ4n) is 1.78. The maximum Gasteiger partial charge on any atom is 0.129 e. The van der Waals surface area contributed by atoms with Gasteiger partial charge in [0.15, 0.2) is 0 Å². The van der Waals surface area contributed by atoms with E-state index in [0.717, 1.165) is 24.2 Å². The molecule has 0 aliphatic carbocycles. The molecule has 1 aromatic carbocycles. The van der Waals surface area contributed by atoms with Crippen molar-refractivity contribution in [2.24, 2.45) is 0 Å². The van der Waals surface area contributed by atoms with E-state index in [1.165, 1.54) is 5.39 Å². The molecule has 0 saturated carbocycles. The van der Waals surface area contributed by atoms with Crippen LogP contribution in [0.5, 0.6) is 0 Å². The van der Waals surface area contributed by atoms with Gasteiger partial charge < -0.3 is 15.1 Å². The molecular weight excluding hydrogens is 200 g/mol. The Morgan fingerprint density at radius 3 is 3.00 bits per heavy atom. The molecule has 0 spiro atoms. The first-order valence-corrected chi connectivity index (χ1v) is 5.57. The zero-order valence-corrected chi connectivity index (χ0v) is 9.42. The number of H-pyrrole nitrogens is 1. The molecule has 0 radical (unpaired) electrons. The predicted molar refractivity (Wildman–Crippen MR) is 66.7 cm³/mol. The molecule has 0 atom stereocenters. The van der Waals surface area contributed by atoms with Crippen LogP contribution in [0.2, 0.25) is 0 Å². The normalized spacial score (nSPS) is 10.6. The van der Waals surface area contributed by atoms with Gasteiger partial charge in [0.25, 0.3) is 0 Å². The van der Waals surface area contributed by atoms with E-state index in [1.807, 2.05) is 18.3 Å². The fourth-order valence-corrected chi connectivity index (χ4v) is 1.78. The lowest BCUT2D eigenvalue weighted by Gasteiger charge is -2.03. The summed E-state index contributed by atoms with van der Waals surface area (Å²) in [6, 6.07) is 8.17. The van der Waals surface area contributed by atoms with Crippen molar-refractivity contribution in [2.45, 2.75) is 19.8 Å². The molecule has 0 amide bonds. The first-order chi connectivity index (χ1) is 7.77. The van der Waals surface area contributed by atoms with E-state index in [-0.39, 0.29) is 5.78 Å². The highest BCUT2D eigenvalue weighted by Crippen LogP contribution is 2.22. The number of carbonyl (C=O) groups excluding carboxylic acids is 1. The van der Waals surface area contributed by atoms with Crippen molar-refractivity contribution in [2.75, 3.05) is 11.9 Å². The van der Waals surface area contributed by atoms with Crippen LogP contribution < -0.4 is 5.32 Å². The zero-order valence-electron chi connectivity index (χ0n) is 9.42. The summed E-state index contributed by atoms with van der Waals surface area (Å²) in [4.78, 5) is 14.0. The van der Waals surface area contributed by atoms with Gasteiger partial charge in [-0.3, -0.25) is 0 Å². The minimum absolute atomic E-state index is 0.251. The molecule has 0 saturated heterocycles. The number of rotatable bonds is 5. The van der Waals surface area contributed by atoms with Crippen LogP contribution in [0.3, 0.4) is 0 Å². The Kier molecular flexibility index (Phi) is 3.25. The summed E-state index contributed by atoms with van der Waals surface area (Å²) in [5.74, 6) is 0.251. The molecule has 0 fully saturated rings. The number of para-hydroxylation sites is 1. The minimum atomic E-state index is 0.251. The molecular formula is C13H16N2O. The lowest BCUT2D eigenvalue weighted by Crippen LogP contribution is -2.02. The van der Waals surface area contributed by atoms with Gasteiger partial charge in [-0.2, -0.15) is 0 Å². The highest BCUT2D eigenvalue weighted by molar-refractivity contribution is 5.92. The molecule has 3 nitrogen and oxygen atoms in total. The first kappa shape index (κ1) is 10.7. The lowest BCUT2D eigenvalue weighted by atomic mass is 10.2. The summed E-state index contributed by atoms with van der Waals surface area (Å²) in [6.45, 7) is 2.47. The number of fused-ring (bicyclic) bond motifs is 1. The second kappa shape index (κ2) is 4.84. The molecule has 2 rings (SSSR count). The third-order valence-electron chi connectivity index (χ3n) is 2.61. The van der Waals surface area contributed by atoms with Crippen LogP contribution in [-0.4, -0.2) is 17.3 Å². The van der Waals surface area contributed by atoms with Crippen LogP contribution >= 0.6 is 0 Å². The molecule has 0 aliphatic heterocycles. The number of ketones is 1. The number of hydrogen-bond donors (Lipinski definition) is 2. The summed E-state index contributed by atoms with van der Waals surface area (Å²) in [5, 5.41) is 4.54. The Morgan fingerprint density at radius 2 is 2.19 bits per heavy atom. The summed E-state index contributed by atoms with van der Waals surface area (Å²) in [5.41, 5.74) is 2.25. The summed E-state index contributed by atoms with van der Waals surface area (Å²) >= 11 is 0. The molecule has 16 heavy (non-hydrogen) atoms. The number of aromatic amines is 1. The number of nitrogens with one attached hydrogen (secondary N) is 2. The van der Waals surface area contributed by atoms with Crippen molar-refractivity contribution in [1.29, 1.82) is 0 Å². The van der Waals surface area contributed by atoms with E-state index in [1.54, 1.807) is 6.92 Å². The van der Waals surface area contributed by atoms with Gasteiger partial charge in [-0.15, -0.1) is 0 Å². The summed E-state index contributed by atoms with van der Waals surface area (Å²) < 4.78 is 0. The van der Waals surface area contributed by atoms with Gasteiger partial charge in [-0.1, -0.05) is 18.2 Å². The second-order valence-electron chi connectivity index (χ2n) is 3.98. The Morgan fingerprint density at radius 1 is 1.38 bits per heavy atom. The van der Waals surface area contributed by atoms with Crippen LogP contribution in [0.4, 0.5) is 5.69 Å². The highest BCUT2D eigenvalue weighted by atomic mass is 16.1. The van der Waals surface area contributed by atoms with Crippen LogP contribution in [-0.2, 0) is 4.79 Å². The molecule has 2 aromatic rings. The Hall–Kier alpha value is -1.77. The van der Waals surface area contributed by atoms with Gasteiger partial charge in [-0.25, -0.2) is 0 Å². The molecule has 3 heteroatoms. The molecule has 0 aliphatic rings. The van der Waals surface area contributed by atoms with Gasteiger partial charge >= 0.3 is 0 Å². The Labute approximate surface area is 94.9 Å². The standard InChI is InChI=1S/C13H16N2O/c1-10(16)5-4-8-14-13-9-15-12-7-3-2-6-11(12)13/h2-3,6-7,9,14-15H,4-5,8H2,1H3. The molecule has 1 aromatic heterocycles. The SMILES string of the molecule is CC(=O)CCCNc1c[nH]c2ccccc12. The number of hydrogen-bond acceptors (Lipinski definition) is 2. The van der Waals surface area contributed by atoms with Crippen LogP contribution in [0.25, 0.3) is 10.9 Å². The highest BCUT2D eigenvalue weighted by Gasteiger charge is 2.01. The van der Waals surface area contributed by atoms with Crippen molar-refractivity contribution in [3.63, 3.8) is 0 Å². The monoisotopic (exact) mass is 216 g/mol. The number of benzene rings is 1. The van der Waals surface area contributed by atoms with Crippen molar-refractivity contribution in [3.05, 3.63) is 30.5 Å². The van der Waals surface area contributed by atoms with Crippen LogP contribution in [0.1, 0.15) is 19.8 Å².